The number of hydrogen-bond donors (Lipinski definition) is 2. The van der Waals surface area contributed by atoms with Gasteiger partial charge in [-0.1, -0.05) is 0 Å². The van der Waals surface area contributed by atoms with E-state index in [2.05, 4.69) is 15.2 Å². The number of rotatable bonds is 3. The number of benzene rings is 2. The molecule has 0 saturated carbocycles. The molecule has 0 amide bonds. The lowest BCUT2D eigenvalue weighted by atomic mass is 10.0. The van der Waals surface area contributed by atoms with Crippen LogP contribution in [0.25, 0.3) is 21.5 Å². The highest BCUT2D eigenvalue weighted by atomic mass is 16.1. The van der Waals surface area contributed by atoms with Crippen LogP contribution in [0.3, 0.4) is 0 Å². The van der Waals surface area contributed by atoms with E-state index in [1.165, 1.54) is 24.5 Å². The van der Waals surface area contributed by atoms with Crippen molar-refractivity contribution < 1.29 is 0 Å². The molecule has 0 unspecified atom stereocenters. The first kappa shape index (κ1) is 15.1. The van der Waals surface area contributed by atoms with Gasteiger partial charge in [-0.15, -0.1) is 0 Å². The van der Waals surface area contributed by atoms with Crippen molar-refractivity contribution in [2.45, 2.75) is 0 Å². The molecule has 7 heteroatoms. The molecule has 1 aromatic heterocycles. The average molecular weight is 312 g/mol. The molecule has 23 heavy (non-hydrogen) atoms. The zero-order valence-electron chi connectivity index (χ0n) is 12.8. The van der Waals surface area contributed by atoms with Gasteiger partial charge in [0.15, 0.2) is 16.3 Å². The summed E-state index contributed by atoms with van der Waals surface area (Å²) >= 11 is 0. The van der Waals surface area contributed by atoms with Crippen molar-refractivity contribution in [3.63, 3.8) is 0 Å². The first-order valence-corrected chi connectivity index (χ1v) is 7.18. The predicted molar refractivity (Wildman–Crippen MR) is 89.1 cm³/mol. The maximum Gasteiger partial charge on any atom is 0.200 e. The Kier molecular flexibility index (Phi) is 3.79. The lowest BCUT2D eigenvalue weighted by molar-refractivity contribution is 0.419. The lowest BCUT2D eigenvalue weighted by Crippen LogP contribution is -2.27. The number of nitrogens with one attached hydrogen (secondary N) is 2. The fourth-order valence-corrected chi connectivity index (χ4v) is 2.56. The number of hydrogen-bond acceptors (Lipinski definition) is 5. The molecule has 0 aliphatic rings. The Hall–Kier alpha value is -2.80. The molecule has 1 heterocycles. The van der Waals surface area contributed by atoms with Crippen LogP contribution in [0.15, 0.2) is 43.9 Å². The van der Waals surface area contributed by atoms with Crippen LogP contribution in [-0.2, 0) is 0 Å². The number of aromatic nitrogens is 2. The largest absolute Gasteiger partial charge is 0.308 e. The second kappa shape index (κ2) is 5.77. The fourth-order valence-electron chi connectivity index (χ4n) is 2.56. The topological polar surface area (TPSA) is 98.4 Å². The monoisotopic (exact) mass is 312 g/mol. The maximum atomic E-state index is 12.7. The number of H-pyrrole nitrogens is 2. The van der Waals surface area contributed by atoms with Gasteiger partial charge >= 0.3 is 0 Å². The second-order valence-corrected chi connectivity index (χ2v) is 5.58. The Balaban J connectivity index is 2.46. The second-order valence-electron chi connectivity index (χ2n) is 5.58. The molecule has 0 spiro atoms. The summed E-state index contributed by atoms with van der Waals surface area (Å²) in [5.41, 5.74) is -1.26. The van der Waals surface area contributed by atoms with Gasteiger partial charge in [-0.2, -0.15) is 0 Å². The minimum atomic E-state index is -0.455. The van der Waals surface area contributed by atoms with Gasteiger partial charge in [-0.3, -0.25) is 19.4 Å². The van der Waals surface area contributed by atoms with Crippen LogP contribution in [0.1, 0.15) is 0 Å². The summed E-state index contributed by atoms with van der Waals surface area (Å²) in [7, 11) is 3.84. The quantitative estimate of drug-likeness (QED) is 0.645. The summed E-state index contributed by atoms with van der Waals surface area (Å²) in [6, 6.07) is 2.80. The van der Waals surface area contributed by atoms with E-state index in [9.17, 15) is 14.4 Å². The van der Waals surface area contributed by atoms with E-state index in [1.54, 1.807) is 0 Å². The summed E-state index contributed by atoms with van der Waals surface area (Å²) in [5, 5.41) is 6.18. The molecule has 0 fully saturated rings. The third kappa shape index (κ3) is 2.55. The molecule has 0 bridgehead atoms. The number of fused-ring (bicyclic) bond motifs is 2. The Bertz CT molecular complexity index is 1110. The van der Waals surface area contributed by atoms with Crippen molar-refractivity contribution in [1.82, 2.24) is 15.1 Å². The molecule has 0 aliphatic heterocycles. The van der Waals surface area contributed by atoms with Crippen LogP contribution < -0.4 is 21.6 Å². The normalized spacial score (nSPS) is 12.6. The van der Waals surface area contributed by atoms with Crippen molar-refractivity contribution in [2.75, 3.05) is 27.2 Å². The molecule has 2 N–H and O–H groups in total. The van der Waals surface area contributed by atoms with Crippen LogP contribution >= 0.6 is 0 Å². The summed E-state index contributed by atoms with van der Waals surface area (Å²) < 4.78 is 0. The van der Waals surface area contributed by atoms with Crippen molar-refractivity contribution in [1.29, 1.82) is 0 Å². The van der Waals surface area contributed by atoms with E-state index in [1.807, 2.05) is 19.0 Å². The SMILES string of the molecule is CN(C)CCN=c1ccc(=O)c2c(=O)c3c[nH][nH]cc3c(=O)c12. The van der Waals surface area contributed by atoms with Gasteiger partial charge in [0.05, 0.1) is 33.4 Å². The summed E-state index contributed by atoms with van der Waals surface area (Å²) in [5.74, 6) is 0. The third-order valence-corrected chi connectivity index (χ3v) is 3.72. The molecule has 7 nitrogen and oxygen atoms in total. The number of aromatic amines is 2. The maximum absolute atomic E-state index is 12.7. The summed E-state index contributed by atoms with van der Waals surface area (Å²) in [6.45, 7) is 1.18. The molecule has 0 radical (unpaired) electrons. The molecule has 3 aromatic rings. The predicted octanol–water partition coefficient (Wildman–Crippen LogP) is -0.370. The smallest absolute Gasteiger partial charge is 0.200 e. The van der Waals surface area contributed by atoms with E-state index in [4.69, 9.17) is 0 Å². The van der Waals surface area contributed by atoms with Crippen molar-refractivity contribution >= 4 is 21.5 Å². The highest BCUT2D eigenvalue weighted by Crippen LogP contribution is 2.05. The summed E-state index contributed by atoms with van der Waals surface area (Å²) in [6.07, 6.45) is 2.83. The molecule has 0 saturated heterocycles. The van der Waals surface area contributed by atoms with Crippen LogP contribution in [0.5, 0.6) is 0 Å². The van der Waals surface area contributed by atoms with Gasteiger partial charge in [0.25, 0.3) is 0 Å². The van der Waals surface area contributed by atoms with E-state index in [-0.39, 0.29) is 27.0 Å². The van der Waals surface area contributed by atoms with E-state index < -0.39 is 10.9 Å². The van der Waals surface area contributed by atoms with Gasteiger partial charge in [-0.05, 0) is 26.2 Å². The molecule has 118 valence electrons. The van der Waals surface area contributed by atoms with Crippen LogP contribution in [0.4, 0.5) is 0 Å². The van der Waals surface area contributed by atoms with Crippen molar-refractivity contribution in [3.05, 3.63) is 60.6 Å². The Labute approximate surface area is 130 Å². The summed E-state index contributed by atoms with van der Waals surface area (Å²) in [4.78, 5) is 43.8. The zero-order chi connectivity index (χ0) is 16.6. The van der Waals surface area contributed by atoms with Gasteiger partial charge in [0.1, 0.15) is 0 Å². The van der Waals surface area contributed by atoms with Gasteiger partial charge in [-0.25, -0.2) is 0 Å². The number of likely N-dealkylation sites (N-methyl/N-ethyl adjacent to an activating group) is 1. The Morgan fingerprint density at radius 1 is 0.957 bits per heavy atom. The first-order chi connectivity index (χ1) is 11.0. The minimum Gasteiger partial charge on any atom is -0.308 e. The molecule has 3 rings (SSSR count). The molecular formula is C16H16N4O3. The molecular weight excluding hydrogens is 296 g/mol. The van der Waals surface area contributed by atoms with Crippen LogP contribution in [-0.4, -0.2) is 42.3 Å². The highest BCUT2D eigenvalue weighted by molar-refractivity contribution is 5.96. The standard InChI is InChI=1S/C16H16N4O3/c1-20(2)6-5-17-11-3-4-12(21)14-13(11)15(22)9-7-18-19-8-10(9)16(14)23/h3-4,7-8,18-19H,5-6H2,1-2H3. The fraction of sp³-hybridized carbons (Fsp3) is 0.250. The Morgan fingerprint density at radius 2 is 1.57 bits per heavy atom. The Morgan fingerprint density at radius 3 is 2.17 bits per heavy atom. The van der Waals surface area contributed by atoms with Crippen molar-refractivity contribution in [3.8, 4) is 0 Å². The van der Waals surface area contributed by atoms with Crippen LogP contribution in [0.2, 0.25) is 0 Å². The van der Waals surface area contributed by atoms with Gasteiger partial charge in [0.2, 0.25) is 0 Å². The van der Waals surface area contributed by atoms with E-state index in [0.717, 1.165) is 0 Å². The number of nitrogens with zero attached hydrogens (tertiary/aromatic N) is 2. The molecule has 0 aliphatic carbocycles. The van der Waals surface area contributed by atoms with Gasteiger partial charge < -0.3 is 15.1 Å². The highest BCUT2D eigenvalue weighted by Gasteiger charge is 2.14. The van der Waals surface area contributed by atoms with E-state index >= 15 is 0 Å². The van der Waals surface area contributed by atoms with Crippen molar-refractivity contribution in [2.24, 2.45) is 4.99 Å². The zero-order valence-corrected chi connectivity index (χ0v) is 12.8. The third-order valence-electron chi connectivity index (χ3n) is 3.72. The lowest BCUT2D eigenvalue weighted by Gasteiger charge is -2.06. The first-order valence-electron chi connectivity index (χ1n) is 7.18. The molecule has 2 aromatic carbocycles. The average Bonchev–Trinajstić information content (AvgIpc) is 2.53. The molecule has 0 atom stereocenters. The van der Waals surface area contributed by atoms with Gasteiger partial charge in [0, 0.05) is 18.9 Å². The minimum absolute atomic E-state index is 0.0896. The van der Waals surface area contributed by atoms with Crippen LogP contribution in [0, 0.1) is 0 Å². The van der Waals surface area contributed by atoms with E-state index in [0.29, 0.717) is 18.4 Å².